The van der Waals surface area contributed by atoms with Crippen LogP contribution < -0.4 is 4.72 Å². The molecule has 0 unspecified atom stereocenters. The van der Waals surface area contributed by atoms with Crippen molar-refractivity contribution in [3.63, 3.8) is 0 Å². The van der Waals surface area contributed by atoms with Crippen molar-refractivity contribution < 1.29 is 8.42 Å². The van der Waals surface area contributed by atoms with Gasteiger partial charge >= 0.3 is 0 Å². The Balaban J connectivity index is 1.39. The SMILES string of the molecule is CC(C)n1cc(CN2CCC[C@H](CNS(=O)(=O)c3cccc4cccnc34)C2)cn1. The molecule has 1 aromatic carbocycles. The minimum Gasteiger partial charge on any atom is -0.299 e. The zero-order valence-electron chi connectivity index (χ0n) is 17.5. The fourth-order valence-electron chi connectivity index (χ4n) is 4.06. The molecule has 160 valence electrons. The van der Waals surface area contributed by atoms with E-state index in [2.05, 4.69) is 39.7 Å². The number of likely N-dealkylation sites (tertiary alicyclic amines) is 1. The Bertz CT molecular complexity index is 1100. The molecular formula is C22H29N5O2S. The monoisotopic (exact) mass is 427 g/mol. The maximum Gasteiger partial charge on any atom is 0.242 e. The third-order valence-electron chi connectivity index (χ3n) is 5.64. The molecule has 3 heterocycles. The molecule has 0 saturated carbocycles. The maximum absolute atomic E-state index is 13.0. The molecule has 0 amide bonds. The predicted octanol–water partition coefficient (Wildman–Crippen LogP) is 3.20. The lowest BCUT2D eigenvalue weighted by atomic mass is 9.98. The van der Waals surface area contributed by atoms with Gasteiger partial charge < -0.3 is 0 Å². The smallest absolute Gasteiger partial charge is 0.242 e. The highest BCUT2D eigenvalue weighted by molar-refractivity contribution is 7.89. The van der Waals surface area contributed by atoms with Crippen molar-refractivity contribution in [1.82, 2.24) is 24.4 Å². The fourth-order valence-corrected chi connectivity index (χ4v) is 5.35. The van der Waals surface area contributed by atoms with E-state index in [1.807, 2.05) is 29.1 Å². The highest BCUT2D eigenvalue weighted by Gasteiger charge is 2.24. The standard InChI is InChI=1S/C22H29N5O2S/c1-17(2)27-16-19(12-24-27)15-26-11-5-6-18(14-26)13-25-30(28,29)21-9-3-7-20-8-4-10-23-22(20)21/h3-4,7-10,12,16-18,25H,5-6,11,13-15H2,1-2H3/t18-/m1/s1. The van der Waals surface area contributed by atoms with E-state index < -0.39 is 10.0 Å². The maximum atomic E-state index is 13.0. The first-order chi connectivity index (χ1) is 14.4. The molecule has 1 saturated heterocycles. The molecule has 2 aromatic heterocycles. The van der Waals surface area contributed by atoms with Gasteiger partial charge in [-0.3, -0.25) is 14.6 Å². The Morgan fingerprint density at radius 2 is 2.07 bits per heavy atom. The van der Waals surface area contributed by atoms with Gasteiger partial charge in [0.1, 0.15) is 4.90 Å². The Morgan fingerprint density at radius 3 is 2.87 bits per heavy atom. The number of fused-ring (bicyclic) bond motifs is 1. The van der Waals surface area contributed by atoms with Gasteiger partial charge in [-0.15, -0.1) is 0 Å². The van der Waals surface area contributed by atoms with E-state index in [-0.39, 0.29) is 10.8 Å². The molecule has 1 atom stereocenters. The molecule has 7 nitrogen and oxygen atoms in total. The minimum absolute atomic E-state index is 0.245. The summed E-state index contributed by atoms with van der Waals surface area (Å²) in [4.78, 5) is 6.92. The third kappa shape index (κ3) is 4.71. The van der Waals surface area contributed by atoms with Crippen LogP contribution in [0.2, 0.25) is 0 Å². The summed E-state index contributed by atoms with van der Waals surface area (Å²) in [5.74, 6) is 0.289. The van der Waals surface area contributed by atoms with Gasteiger partial charge in [0.25, 0.3) is 0 Å². The van der Waals surface area contributed by atoms with E-state index in [1.165, 1.54) is 5.56 Å². The molecule has 1 fully saturated rings. The molecule has 1 aliphatic heterocycles. The fraction of sp³-hybridized carbons (Fsp3) is 0.455. The van der Waals surface area contributed by atoms with E-state index in [4.69, 9.17) is 0 Å². The van der Waals surface area contributed by atoms with Crippen molar-refractivity contribution in [2.45, 2.75) is 44.2 Å². The number of hydrogen-bond acceptors (Lipinski definition) is 5. The molecule has 0 radical (unpaired) electrons. The number of sulfonamides is 1. The number of nitrogens with zero attached hydrogens (tertiary/aromatic N) is 4. The van der Waals surface area contributed by atoms with Gasteiger partial charge in [-0.1, -0.05) is 18.2 Å². The van der Waals surface area contributed by atoms with Crippen molar-refractivity contribution in [3.8, 4) is 0 Å². The van der Waals surface area contributed by atoms with E-state index >= 15 is 0 Å². The zero-order valence-corrected chi connectivity index (χ0v) is 18.3. The summed E-state index contributed by atoms with van der Waals surface area (Å²) in [5.41, 5.74) is 1.71. The zero-order chi connectivity index (χ0) is 21.1. The lowest BCUT2D eigenvalue weighted by Gasteiger charge is -2.32. The summed E-state index contributed by atoms with van der Waals surface area (Å²) in [5, 5.41) is 5.24. The van der Waals surface area contributed by atoms with E-state index in [0.717, 1.165) is 37.9 Å². The topological polar surface area (TPSA) is 80.1 Å². The quantitative estimate of drug-likeness (QED) is 0.626. The summed E-state index contributed by atoms with van der Waals surface area (Å²) in [7, 11) is -3.61. The largest absolute Gasteiger partial charge is 0.299 e. The van der Waals surface area contributed by atoms with Crippen molar-refractivity contribution in [1.29, 1.82) is 0 Å². The number of para-hydroxylation sites is 1. The summed E-state index contributed by atoms with van der Waals surface area (Å²) < 4.78 is 30.7. The van der Waals surface area contributed by atoms with Crippen molar-refractivity contribution in [2.24, 2.45) is 5.92 Å². The van der Waals surface area contributed by atoms with Gasteiger partial charge in [0.05, 0.1) is 11.7 Å². The average Bonchev–Trinajstić information content (AvgIpc) is 3.21. The Hall–Kier alpha value is -2.29. The Kier molecular flexibility index (Phi) is 6.17. The number of hydrogen-bond donors (Lipinski definition) is 1. The van der Waals surface area contributed by atoms with Crippen molar-refractivity contribution in [2.75, 3.05) is 19.6 Å². The molecule has 1 N–H and O–H groups in total. The third-order valence-corrected chi connectivity index (χ3v) is 7.10. The van der Waals surface area contributed by atoms with Crippen LogP contribution in [0, 0.1) is 5.92 Å². The van der Waals surface area contributed by atoms with Crippen LogP contribution in [0.3, 0.4) is 0 Å². The van der Waals surface area contributed by atoms with E-state index in [0.29, 0.717) is 18.1 Å². The predicted molar refractivity (Wildman–Crippen MR) is 118 cm³/mol. The number of rotatable bonds is 7. The second-order valence-corrected chi connectivity index (χ2v) is 10.1. The number of pyridine rings is 1. The van der Waals surface area contributed by atoms with Gasteiger partial charge in [-0.05, 0) is 51.3 Å². The van der Waals surface area contributed by atoms with Crippen LogP contribution >= 0.6 is 0 Å². The molecule has 0 spiro atoms. The second-order valence-electron chi connectivity index (χ2n) is 8.35. The second kappa shape index (κ2) is 8.83. The molecule has 0 aliphatic carbocycles. The Labute approximate surface area is 178 Å². The normalized spacial score (nSPS) is 18.3. The number of aromatic nitrogens is 3. The van der Waals surface area contributed by atoms with Gasteiger partial charge in [0.15, 0.2) is 0 Å². The number of piperidine rings is 1. The van der Waals surface area contributed by atoms with Crippen LogP contribution in [0.15, 0.2) is 53.8 Å². The molecule has 3 aromatic rings. The van der Waals surface area contributed by atoms with Crippen LogP contribution in [0.5, 0.6) is 0 Å². The average molecular weight is 428 g/mol. The molecule has 0 bridgehead atoms. The lowest BCUT2D eigenvalue weighted by molar-refractivity contribution is 0.169. The van der Waals surface area contributed by atoms with Crippen LogP contribution in [-0.4, -0.2) is 47.7 Å². The number of benzene rings is 1. The summed E-state index contributed by atoms with van der Waals surface area (Å²) in [6.45, 7) is 7.43. The van der Waals surface area contributed by atoms with Gasteiger partial charge in [0, 0.05) is 49.0 Å². The van der Waals surface area contributed by atoms with Crippen LogP contribution in [0.1, 0.15) is 38.3 Å². The first kappa shape index (κ1) is 21.0. The summed E-state index contributed by atoms with van der Waals surface area (Å²) >= 11 is 0. The minimum atomic E-state index is -3.61. The highest BCUT2D eigenvalue weighted by Crippen LogP contribution is 2.22. The molecule has 4 rings (SSSR count). The van der Waals surface area contributed by atoms with E-state index in [9.17, 15) is 8.42 Å². The van der Waals surface area contributed by atoms with Gasteiger partial charge in [0.2, 0.25) is 10.0 Å². The summed E-state index contributed by atoms with van der Waals surface area (Å²) in [6.07, 6.45) is 7.75. The van der Waals surface area contributed by atoms with Crippen LogP contribution in [0.25, 0.3) is 10.9 Å². The Morgan fingerprint density at radius 1 is 1.23 bits per heavy atom. The van der Waals surface area contributed by atoms with Gasteiger partial charge in [-0.25, -0.2) is 13.1 Å². The first-order valence-corrected chi connectivity index (χ1v) is 12.0. The van der Waals surface area contributed by atoms with Crippen LogP contribution in [-0.2, 0) is 16.6 Å². The molecule has 1 aliphatic rings. The van der Waals surface area contributed by atoms with Crippen molar-refractivity contribution in [3.05, 3.63) is 54.5 Å². The number of nitrogens with one attached hydrogen (secondary N) is 1. The van der Waals surface area contributed by atoms with Crippen LogP contribution in [0.4, 0.5) is 0 Å². The first-order valence-electron chi connectivity index (χ1n) is 10.5. The molecule has 8 heteroatoms. The highest BCUT2D eigenvalue weighted by atomic mass is 32.2. The molecular weight excluding hydrogens is 398 g/mol. The summed E-state index contributed by atoms with van der Waals surface area (Å²) in [6, 6.07) is 9.30. The van der Waals surface area contributed by atoms with Gasteiger partial charge in [-0.2, -0.15) is 5.10 Å². The molecule has 30 heavy (non-hydrogen) atoms. The van der Waals surface area contributed by atoms with E-state index in [1.54, 1.807) is 18.3 Å². The lowest BCUT2D eigenvalue weighted by Crippen LogP contribution is -2.40. The van der Waals surface area contributed by atoms with Crippen molar-refractivity contribution >= 4 is 20.9 Å².